The van der Waals surface area contributed by atoms with Gasteiger partial charge in [0.2, 0.25) is 5.91 Å². The summed E-state index contributed by atoms with van der Waals surface area (Å²) in [7, 11) is 0. The summed E-state index contributed by atoms with van der Waals surface area (Å²) >= 11 is 6.12. The van der Waals surface area contributed by atoms with Gasteiger partial charge in [-0.25, -0.2) is 0 Å². The highest BCUT2D eigenvalue weighted by Gasteiger charge is 2.44. The molecular formula is C18H18ClNO. The number of carbonyl (C=O) groups excluding carboxylic acids is 1. The highest BCUT2D eigenvalue weighted by atomic mass is 35.5. The summed E-state index contributed by atoms with van der Waals surface area (Å²) in [6.07, 6.45) is 1.33. The van der Waals surface area contributed by atoms with Gasteiger partial charge in [-0.2, -0.15) is 0 Å². The summed E-state index contributed by atoms with van der Waals surface area (Å²) in [6, 6.07) is 18.2. The number of nitrogens with one attached hydrogen (secondary N) is 1. The Balaban J connectivity index is 1.93. The minimum absolute atomic E-state index is 0.0888. The van der Waals surface area contributed by atoms with E-state index in [2.05, 4.69) is 30.4 Å². The molecule has 2 unspecified atom stereocenters. The number of rotatable bonds is 3. The maximum absolute atomic E-state index is 12.0. The first-order valence-electron chi connectivity index (χ1n) is 7.17. The minimum Gasteiger partial charge on any atom is -0.352 e. The molecule has 0 spiro atoms. The van der Waals surface area contributed by atoms with Crippen LogP contribution in [-0.4, -0.2) is 11.9 Å². The molecule has 21 heavy (non-hydrogen) atoms. The Labute approximate surface area is 130 Å². The van der Waals surface area contributed by atoms with E-state index in [4.69, 9.17) is 11.6 Å². The minimum atomic E-state index is -0.224. The van der Waals surface area contributed by atoms with Gasteiger partial charge < -0.3 is 5.32 Å². The zero-order chi connectivity index (χ0) is 14.9. The Morgan fingerprint density at radius 3 is 2.67 bits per heavy atom. The van der Waals surface area contributed by atoms with Gasteiger partial charge in [0, 0.05) is 22.9 Å². The van der Waals surface area contributed by atoms with E-state index >= 15 is 0 Å². The van der Waals surface area contributed by atoms with Crippen molar-refractivity contribution < 1.29 is 4.79 Å². The van der Waals surface area contributed by atoms with Crippen LogP contribution in [0.5, 0.6) is 0 Å². The molecule has 0 radical (unpaired) electrons. The van der Waals surface area contributed by atoms with Gasteiger partial charge in [-0.15, -0.1) is 0 Å². The van der Waals surface area contributed by atoms with E-state index in [1.165, 1.54) is 5.56 Å². The third-order valence-electron chi connectivity index (χ3n) is 4.40. The van der Waals surface area contributed by atoms with Crippen LogP contribution < -0.4 is 5.32 Å². The van der Waals surface area contributed by atoms with Crippen molar-refractivity contribution in [2.75, 3.05) is 0 Å². The van der Waals surface area contributed by atoms with Crippen LogP contribution in [0, 0.1) is 0 Å². The molecule has 1 fully saturated rings. The second kappa shape index (κ2) is 5.53. The summed E-state index contributed by atoms with van der Waals surface area (Å²) in [4.78, 5) is 12.0. The van der Waals surface area contributed by atoms with Gasteiger partial charge in [0.05, 0.1) is 0 Å². The van der Waals surface area contributed by atoms with Crippen LogP contribution in [-0.2, 0) is 16.6 Å². The quantitative estimate of drug-likeness (QED) is 0.919. The first kappa shape index (κ1) is 14.2. The van der Waals surface area contributed by atoms with Gasteiger partial charge in [-0.05, 0) is 29.7 Å². The lowest BCUT2D eigenvalue weighted by molar-refractivity contribution is -0.119. The lowest BCUT2D eigenvalue weighted by Crippen LogP contribution is -2.40. The van der Waals surface area contributed by atoms with Gasteiger partial charge in [0.15, 0.2) is 0 Å². The van der Waals surface area contributed by atoms with E-state index in [1.807, 2.05) is 36.4 Å². The maximum atomic E-state index is 12.0. The normalized spacial score (nSPS) is 24.9. The topological polar surface area (TPSA) is 29.1 Å². The molecule has 2 aromatic rings. The average Bonchev–Trinajstić information content (AvgIpc) is 2.75. The Kier molecular flexibility index (Phi) is 3.73. The summed E-state index contributed by atoms with van der Waals surface area (Å²) in [5, 5.41) is 3.84. The van der Waals surface area contributed by atoms with E-state index in [9.17, 15) is 4.79 Å². The standard InChI is InChI=1S/C18H18ClNO/c1-18(14-8-5-9-15(19)11-14)12-17(21)20-16(18)10-13-6-3-2-4-7-13/h2-9,11,16H,10,12H2,1H3,(H,20,21). The van der Waals surface area contributed by atoms with Gasteiger partial charge in [-0.1, -0.05) is 61.0 Å². The fourth-order valence-corrected chi connectivity index (χ4v) is 3.32. The van der Waals surface area contributed by atoms with E-state index in [-0.39, 0.29) is 17.4 Å². The lowest BCUT2D eigenvalue weighted by Gasteiger charge is -2.31. The van der Waals surface area contributed by atoms with Crippen LogP contribution in [0.25, 0.3) is 0 Å². The second-order valence-electron chi connectivity index (χ2n) is 5.91. The largest absolute Gasteiger partial charge is 0.352 e. The SMILES string of the molecule is CC1(c2cccc(Cl)c2)CC(=O)NC1Cc1ccccc1. The summed E-state index contributed by atoms with van der Waals surface area (Å²) < 4.78 is 0. The average molecular weight is 300 g/mol. The molecule has 1 saturated heterocycles. The fraction of sp³-hybridized carbons (Fsp3) is 0.278. The monoisotopic (exact) mass is 299 g/mol. The number of hydrogen-bond donors (Lipinski definition) is 1. The molecule has 0 saturated carbocycles. The molecule has 3 heteroatoms. The van der Waals surface area contributed by atoms with Crippen LogP contribution >= 0.6 is 11.6 Å². The van der Waals surface area contributed by atoms with E-state index in [0.717, 1.165) is 12.0 Å². The summed E-state index contributed by atoms with van der Waals surface area (Å²) in [6.45, 7) is 2.14. The molecule has 2 nitrogen and oxygen atoms in total. The Morgan fingerprint density at radius 1 is 1.19 bits per heavy atom. The van der Waals surface area contributed by atoms with Crippen molar-refractivity contribution in [3.63, 3.8) is 0 Å². The molecule has 3 rings (SSSR count). The molecule has 2 atom stereocenters. The molecule has 1 heterocycles. The van der Waals surface area contributed by atoms with E-state index < -0.39 is 0 Å². The van der Waals surface area contributed by atoms with Gasteiger partial charge in [0.1, 0.15) is 0 Å². The van der Waals surface area contributed by atoms with Crippen molar-refractivity contribution in [2.45, 2.75) is 31.2 Å². The molecule has 0 aliphatic carbocycles. The van der Waals surface area contributed by atoms with Crippen molar-refractivity contribution in [1.82, 2.24) is 5.32 Å². The molecule has 1 N–H and O–H groups in total. The lowest BCUT2D eigenvalue weighted by atomic mass is 9.74. The van der Waals surface area contributed by atoms with Crippen LogP contribution in [0.1, 0.15) is 24.5 Å². The zero-order valence-electron chi connectivity index (χ0n) is 12.0. The molecule has 2 aromatic carbocycles. The first-order valence-corrected chi connectivity index (χ1v) is 7.55. The fourth-order valence-electron chi connectivity index (χ4n) is 3.13. The predicted octanol–water partition coefficient (Wildman–Crippen LogP) is 3.73. The second-order valence-corrected chi connectivity index (χ2v) is 6.35. The third-order valence-corrected chi connectivity index (χ3v) is 4.63. The van der Waals surface area contributed by atoms with Crippen molar-refractivity contribution >= 4 is 17.5 Å². The van der Waals surface area contributed by atoms with Crippen LogP contribution in [0.15, 0.2) is 54.6 Å². The van der Waals surface area contributed by atoms with Gasteiger partial charge in [-0.3, -0.25) is 4.79 Å². The van der Waals surface area contributed by atoms with E-state index in [0.29, 0.717) is 11.4 Å². The van der Waals surface area contributed by atoms with Crippen LogP contribution in [0.4, 0.5) is 0 Å². The Morgan fingerprint density at radius 2 is 1.95 bits per heavy atom. The Hall–Kier alpha value is -1.80. The summed E-state index contributed by atoms with van der Waals surface area (Å²) in [5.74, 6) is 0.110. The molecule has 1 aliphatic rings. The molecular weight excluding hydrogens is 282 g/mol. The number of carbonyl (C=O) groups is 1. The third kappa shape index (κ3) is 2.81. The van der Waals surface area contributed by atoms with Crippen molar-refractivity contribution in [3.8, 4) is 0 Å². The molecule has 0 bridgehead atoms. The number of benzene rings is 2. The maximum Gasteiger partial charge on any atom is 0.221 e. The number of halogens is 1. The van der Waals surface area contributed by atoms with Crippen molar-refractivity contribution in [2.24, 2.45) is 0 Å². The van der Waals surface area contributed by atoms with Crippen LogP contribution in [0.2, 0.25) is 5.02 Å². The first-order chi connectivity index (χ1) is 10.1. The number of hydrogen-bond acceptors (Lipinski definition) is 1. The van der Waals surface area contributed by atoms with E-state index in [1.54, 1.807) is 0 Å². The molecule has 1 amide bonds. The highest BCUT2D eigenvalue weighted by molar-refractivity contribution is 6.30. The highest BCUT2D eigenvalue weighted by Crippen LogP contribution is 2.38. The van der Waals surface area contributed by atoms with Gasteiger partial charge in [0.25, 0.3) is 0 Å². The van der Waals surface area contributed by atoms with Crippen molar-refractivity contribution in [1.29, 1.82) is 0 Å². The zero-order valence-corrected chi connectivity index (χ0v) is 12.7. The predicted molar refractivity (Wildman–Crippen MR) is 85.5 cm³/mol. The summed E-state index contributed by atoms with van der Waals surface area (Å²) in [5.41, 5.74) is 2.13. The molecule has 108 valence electrons. The molecule has 0 aromatic heterocycles. The Bertz CT molecular complexity index is 655. The number of amides is 1. The smallest absolute Gasteiger partial charge is 0.221 e. The van der Waals surface area contributed by atoms with Crippen LogP contribution in [0.3, 0.4) is 0 Å². The van der Waals surface area contributed by atoms with Gasteiger partial charge >= 0.3 is 0 Å². The molecule has 1 aliphatic heterocycles. The van der Waals surface area contributed by atoms with Crippen molar-refractivity contribution in [3.05, 3.63) is 70.7 Å².